The first-order chi connectivity index (χ1) is 14.5. The van der Waals surface area contributed by atoms with Crippen molar-refractivity contribution in [2.75, 3.05) is 19.0 Å². The van der Waals surface area contributed by atoms with Crippen LogP contribution in [0.4, 0.5) is 10.5 Å². The van der Waals surface area contributed by atoms with E-state index in [4.69, 9.17) is 16.3 Å². The lowest BCUT2D eigenvalue weighted by atomic mass is 9.98. The molecule has 3 aromatic carbocycles. The summed E-state index contributed by atoms with van der Waals surface area (Å²) in [5, 5.41) is 12.4. The maximum atomic E-state index is 12.4. The Bertz CT molecular complexity index is 1100. The van der Waals surface area contributed by atoms with E-state index in [1.54, 1.807) is 0 Å². The number of carbonyl (C=O) groups is 2. The van der Waals surface area contributed by atoms with Crippen molar-refractivity contribution in [3.63, 3.8) is 0 Å². The highest BCUT2D eigenvalue weighted by molar-refractivity contribution is 6.35. The van der Waals surface area contributed by atoms with E-state index in [9.17, 15) is 14.7 Å². The molecule has 1 amide bonds. The van der Waals surface area contributed by atoms with Crippen molar-refractivity contribution in [2.24, 2.45) is 0 Å². The number of fused-ring (bicyclic) bond motifs is 3. The van der Waals surface area contributed by atoms with E-state index in [1.807, 2.05) is 36.4 Å². The molecule has 6 nitrogen and oxygen atoms in total. The topological polar surface area (TPSA) is 84.9 Å². The fraction of sp³-hybridized carbons (Fsp3) is 0.130. The van der Waals surface area contributed by atoms with Gasteiger partial charge >= 0.3 is 12.1 Å². The highest BCUT2D eigenvalue weighted by Gasteiger charge is 2.29. The largest absolute Gasteiger partial charge is 0.505 e. The molecule has 30 heavy (non-hydrogen) atoms. The number of aromatic hydroxyl groups is 1. The molecule has 0 saturated heterocycles. The maximum Gasteiger partial charge on any atom is 0.411 e. The summed E-state index contributed by atoms with van der Waals surface area (Å²) in [6.45, 7) is 0.143. The van der Waals surface area contributed by atoms with Crippen molar-refractivity contribution in [1.29, 1.82) is 0 Å². The van der Waals surface area contributed by atoms with Crippen LogP contribution in [0.3, 0.4) is 0 Å². The first kappa shape index (κ1) is 19.8. The summed E-state index contributed by atoms with van der Waals surface area (Å²) in [5.74, 6) is -1.28. The van der Waals surface area contributed by atoms with Crippen LogP contribution in [0, 0.1) is 0 Å². The van der Waals surface area contributed by atoms with Gasteiger partial charge in [-0.2, -0.15) is 0 Å². The number of phenols is 1. The number of esters is 1. The fourth-order valence-electron chi connectivity index (χ4n) is 3.68. The third-order valence-electron chi connectivity index (χ3n) is 5.10. The van der Waals surface area contributed by atoms with E-state index >= 15 is 0 Å². The van der Waals surface area contributed by atoms with Gasteiger partial charge in [0.25, 0.3) is 0 Å². The highest BCUT2D eigenvalue weighted by Crippen LogP contribution is 2.44. The van der Waals surface area contributed by atoms with Crippen molar-refractivity contribution in [1.82, 2.24) is 0 Å². The van der Waals surface area contributed by atoms with Gasteiger partial charge in [0.05, 0.1) is 12.8 Å². The second-order valence-corrected chi connectivity index (χ2v) is 7.14. The lowest BCUT2D eigenvalue weighted by Crippen LogP contribution is -2.18. The van der Waals surface area contributed by atoms with Crippen LogP contribution in [-0.4, -0.2) is 30.9 Å². The molecule has 4 rings (SSSR count). The number of benzene rings is 3. The Morgan fingerprint density at radius 2 is 1.60 bits per heavy atom. The molecule has 0 saturated carbocycles. The van der Waals surface area contributed by atoms with E-state index in [-0.39, 0.29) is 28.8 Å². The quantitative estimate of drug-likeness (QED) is 0.564. The zero-order valence-corrected chi connectivity index (χ0v) is 16.8. The van der Waals surface area contributed by atoms with Crippen LogP contribution in [-0.2, 0) is 9.47 Å². The monoisotopic (exact) mass is 423 g/mol. The summed E-state index contributed by atoms with van der Waals surface area (Å²) in [7, 11) is 1.19. The molecule has 152 valence electrons. The van der Waals surface area contributed by atoms with Crippen LogP contribution < -0.4 is 5.32 Å². The first-order valence-corrected chi connectivity index (χ1v) is 9.60. The molecule has 2 N–H and O–H groups in total. The van der Waals surface area contributed by atoms with E-state index in [0.29, 0.717) is 0 Å². The van der Waals surface area contributed by atoms with E-state index in [1.165, 1.54) is 19.2 Å². The summed E-state index contributed by atoms with van der Waals surface area (Å²) in [6.07, 6.45) is -0.719. The van der Waals surface area contributed by atoms with Crippen LogP contribution in [0.25, 0.3) is 11.1 Å². The molecule has 0 radical (unpaired) electrons. The Balaban J connectivity index is 1.49. The number of hydrogen-bond donors (Lipinski definition) is 2. The average molecular weight is 424 g/mol. The minimum atomic E-state index is -0.734. The molecule has 1 aliphatic carbocycles. The Hall–Kier alpha value is -3.51. The second kappa shape index (κ2) is 8.08. The Labute approximate surface area is 178 Å². The molecule has 0 fully saturated rings. The highest BCUT2D eigenvalue weighted by atomic mass is 35.5. The lowest BCUT2D eigenvalue weighted by Gasteiger charge is -2.15. The Kier molecular flexibility index (Phi) is 5.33. The summed E-state index contributed by atoms with van der Waals surface area (Å²) >= 11 is 6.08. The molecule has 0 aromatic heterocycles. The molecule has 0 heterocycles. The third-order valence-corrected chi connectivity index (χ3v) is 5.48. The zero-order valence-electron chi connectivity index (χ0n) is 16.0. The molecule has 0 bridgehead atoms. The van der Waals surface area contributed by atoms with Gasteiger partial charge in [0.15, 0.2) is 5.75 Å². The number of ether oxygens (including phenoxy) is 2. The normalized spacial score (nSPS) is 12.1. The van der Waals surface area contributed by atoms with Gasteiger partial charge in [-0.15, -0.1) is 0 Å². The predicted octanol–water partition coefficient (Wildman–Crippen LogP) is 5.19. The number of nitrogens with one attached hydrogen (secondary N) is 1. The first-order valence-electron chi connectivity index (χ1n) is 9.23. The van der Waals surface area contributed by atoms with Gasteiger partial charge in [-0.25, -0.2) is 9.59 Å². The van der Waals surface area contributed by atoms with Crippen molar-refractivity contribution in [3.8, 4) is 16.9 Å². The maximum absolute atomic E-state index is 12.4. The number of hydrogen-bond acceptors (Lipinski definition) is 5. The third kappa shape index (κ3) is 3.46. The van der Waals surface area contributed by atoms with Crippen LogP contribution in [0.2, 0.25) is 5.02 Å². The van der Waals surface area contributed by atoms with Gasteiger partial charge < -0.3 is 14.6 Å². The van der Waals surface area contributed by atoms with Gasteiger partial charge in [-0.3, -0.25) is 5.32 Å². The number of anilines is 1. The second-order valence-electron chi connectivity index (χ2n) is 6.77. The zero-order chi connectivity index (χ0) is 21.3. The smallest absolute Gasteiger partial charge is 0.411 e. The van der Waals surface area contributed by atoms with Crippen LogP contribution in [0.5, 0.6) is 5.75 Å². The summed E-state index contributed by atoms with van der Waals surface area (Å²) in [5.41, 5.74) is 4.50. The van der Waals surface area contributed by atoms with E-state index in [0.717, 1.165) is 22.3 Å². The molecule has 7 heteroatoms. The average Bonchev–Trinajstić information content (AvgIpc) is 3.09. The molecule has 0 atom stereocenters. The predicted molar refractivity (Wildman–Crippen MR) is 113 cm³/mol. The van der Waals surface area contributed by atoms with Gasteiger partial charge in [-0.05, 0) is 34.4 Å². The summed E-state index contributed by atoms with van der Waals surface area (Å²) in [6, 6.07) is 18.8. The number of methoxy groups -OCH3 is 1. The number of carbonyl (C=O) groups excluding carboxylic acids is 2. The van der Waals surface area contributed by atoms with E-state index in [2.05, 4.69) is 22.2 Å². The molecule has 1 aliphatic rings. The van der Waals surface area contributed by atoms with E-state index < -0.39 is 17.8 Å². The molecule has 3 aromatic rings. The number of halogens is 1. The minimum absolute atomic E-state index is 0.0753. The molecular formula is C23H18ClNO5. The molecular weight excluding hydrogens is 406 g/mol. The minimum Gasteiger partial charge on any atom is -0.505 e. The van der Waals surface area contributed by atoms with Crippen LogP contribution in [0.1, 0.15) is 27.4 Å². The Morgan fingerprint density at radius 3 is 2.20 bits per heavy atom. The van der Waals surface area contributed by atoms with Gasteiger partial charge in [-0.1, -0.05) is 60.1 Å². The SMILES string of the molecule is COC(=O)c1ccc(NC(=O)OCC2c3ccccc3-c3ccccc32)c(Cl)c1O. The van der Waals surface area contributed by atoms with Crippen molar-refractivity contribution >= 4 is 29.4 Å². The van der Waals surface area contributed by atoms with Crippen molar-refractivity contribution in [2.45, 2.75) is 5.92 Å². The number of rotatable bonds is 4. The van der Waals surface area contributed by atoms with Crippen LogP contribution in [0.15, 0.2) is 60.7 Å². The van der Waals surface area contributed by atoms with Crippen molar-refractivity contribution < 1.29 is 24.2 Å². The Morgan fingerprint density at radius 1 is 1.00 bits per heavy atom. The van der Waals surface area contributed by atoms with Crippen LogP contribution >= 0.6 is 11.6 Å². The van der Waals surface area contributed by atoms with Crippen molar-refractivity contribution in [3.05, 3.63) is 82.4 Å². The standard InChI is InChI=1S/C23H18ClNO5/c1-29-22(27)17-10-11-19(20(24)21(17)26)25-23(28)30-12-18-15-8-4-2-6-13(15)14-7-3-5-9-16(14)18/h2-11,18,26H,12H2,1H3,(H,25,28). The van der Waals surface area contributed by atoms with Gasteiger partial charge in [0.1, 0.15) is 17.2 Å². The number of amides is 1. The van der Waals surface area contributed by atoms with Gasteiger partial charge in [0.2, 0.25) is 0 Å². The lowest BCUT2D eigenvalue weighted by molar-refractivity contribution is 0.0597. The number of phenolic OH excluding ortho intramolecular Hbond substituents is 1. The molecule has 0 spiro atoms. The molecule has 0 unspecified atom stereocenters. The fourth-order valence-corrected chi connectivity index (χ4v) is 3.89. The summed E-state index contributed by atoms with van der Waals surface area (Å²) < 4.78 is 10.0. The van der Waals surface area contributed by atoms with Gasteiger partial charge in [0, 0.05) is 5.92 Å². The summed E-state index contributed by atoms with van der Waals surface area (Å²) in [4.78, 5) is 24.0. The molecule has 0 aliphatic heterocycles.